The minimum atomic E-state index is 0.484. The molecule has 0 aromatic carbocycles. The van der Waals surface area contributed by atoms with Gasteiger partial charge in [-0.15, -0.1) is 0 Å². The number of pyridine rings is 1. The Morgan fingerprint density at radius 1 is 1.40 bits per heavy atom. The molecule has 0 saturated heterocycles. The molecule has 0 N–H and O–H groups in total. The van der Waals surface area contributed by atoms with Crippen molar-refractivity contribution in [2.24, 2.45) is 0 Å². The van der Waals surface area contributed by atoms with Gasteiger partial charge in [0.1, 0.15) is 5.65 Å². The van der Waals surface area contributed by atoms with E-state index in [0.29, 0.717) is 5.92 Å². The number of aromatic nitrogens is 2. The molecule has 2 aromatic rings. The van der Waals surface area contributed by atoms with E-state index >= 15 is 0 Å². The highest BCUT2D eigenvalue weighted by Crippen LogP contribution is 2.20. The fraction of sp³-hybridized carbons (Fsp3) is 0.417. The van der Waals surface area contributed by atoms with Gasteiger partial charge in [-0.1, -0.05) is 35.8 Å². The number of hydrogen-bond acceptors (Lipinski definition) is 1. The number of fused-ring (bicyclic) bond motifs is 1. The van der Waals surface area contributed by atoms with Crippen LogP contribution < -0.4 is 0 Å². The quantitative estimate of drug-likeness (QED) is 0.759. The SMILES string of the molecule is Cc1c(C(C)C)nc2ccc(CBr)cn12. The van der Waals surface area contributed by atoms with Crippen LogP contribution >= 0.6 is 15.9 Å². The molecule has 0 amide bonds. The average molecular weight is 267 g/mol. The van der Waals surface area contributed by atoms with Crippen LogP contribution in [0.5, 0.6) is 0 Å². The van der Waals surface area contributed by atoms with E-state index in [9.17, 15) is 0 Å². The molecule has 2 aromatic heterocycles. The fourth-order valence-corrected chi connectivity index (χ4v) is 2.18. The summed E-state index contributed by atoms with van der Waals surface area (Å²) in [6.45, 7) is 6.49. The first-order chi connectivity index (χ1) is 7.13. The minimum Gasteiger partial charge on any atom is -0.304 e. The first-order valence-corrected chi connectivity index (χ1v) is 6.29. The van der Waals surface area contributed by atoms with Crippen molar-refractivity contribution in [1.29, 1.82) is 0 Å². The summed E-state index contributed by atoms with van der Waals surface area (Å²) in [5.74, 6) is 0.484. The van der Waals surface area contributed by atoms with E-state index in [1.54, 1.807) is 0 Å². The zero-order chi connectivity index (χ0) is 11.0. The van der Waals surface area contributed by atoms with Crippen LogP contribution in [0, 0.1) is 6.92 Å². The minimum absolute atomic E-state index is 0.484. The van der Waals surface area contributed by atoms with Gasteiger partial charge in [0.05, 0.1) is 5.69 Å². The third-order valence-corrected chi connectivity index (χ3v) is 3.30. The topological polar surface area (TPSA) is 17.3 Å². The third kappa shape index (κ3) is 1.81. The lowest BCUT2D eigenvalue weighted by Crippen LogP contribution is -1.93. The summed E-state index contributed by atoms with van der Waals surface area (Å²) in [7, 11) is 0. The van der Waals surface area contributed by atoms with Crippen LogP contribution in [0.3, 0.4) is 0 Å². The molecule has 0 fully saturated rings. The number of alkyl halides is 1. The predicted octanol–water partition coefficient (Wildman–Crippen LogP) is 3.66. The van der Waals surface area contributed by atoms with Gasteiger partial charge in [0.15, 0.2) is 0 Å². The molecule has 0 radical (unpaired) electrons. The molecule has 0 aliphatic heterocycles. The highest BCUT2D eigenvalue weighted by Gasteiger charge is 2.11. The lowest BCUT2D eigenvalue weighted by molar-refractivity contribution is 0.821. The maximum atomic E-state index is 4.63. The summed E-state index contributed by atoms with van der Waals surface area (Å²) < 4.78 is 2.17. The molecule has 0 bridgehead atoms. The molecule has 0 unspecified atom stereocenters. The largest absolute Gasteiger partial charge is 0.304 e. The molecule has 0 saturated carbocycles. The number of imidazole rings is 1. The van der Waals surface area contributed by atoms with Crippen LogP contribution in [-0.4, -0.2) is 9.38 Å². The Kier molecular flexibility index (Phi) is 2.83. The van der Waals surface area contributed by atoms with Gasteiger partial charge in [0, 0.05) is 17.2 Å². The Balaban J connectivity index is 2.66. The van der Waals surface area contributed by atoms with E-state index in [4.69, 9.17) is 0 Å². The van der Waals surface area contributed by atoms with Gasteiger partial charge in [0.25, 0.3) is 0 Å². The van der Waals surface area contributed by atoms with Crippen LogP contribution in [0.4, 0.5) is 0 Å². The van der Waals surface area contributed by atoms with Crippen molar-refractivity contribution in [3.8, 4) is 0 Å². The van der Waals surface area contributed by atoms with Crippen molar-refractivity contribution < 1.29 is 0 Å². The van der Waals surface area contributed by atoms with Gasteiger partial charge in [-0.05, 0) is 24.5 Å². The molecule has 0 spiro atoms. The number of rotatable bonds is 2. The Morgan fingerprint density at radius 2 is 2.13 bits per heavy atom. The van der Waals surface area contributed by atoms with Crippen molar-refractivity contribution >= 4 is 21.6 Å². The van der Waals surface area contributed by atoms with Crippen molar-refractivity contribution in [2.75, 3.05) is 0 Å². The molecular formula is C12H15BrN2. The van der Waals surface area contributed by atoms with E-state index in [1.165, 1.54) is 17.0 Å². The summed E-state index contributed by atoms with van der Waals surface area (Å²) in [6.07, 6.45) is 2.15. The summed E-state index contributed by atoms with van der Waals surface area (Å²) in [5.41, 5.74) is 4.77. The summed E-state index contributed by atoms with van der Waals surface area (Å²) in [4.78, 5) is 4.63. The fourth-order valence-electron chi connectivity index (χ4n) is 1.85. The molecule has 2 nitrogen and oxygen atoms in total. The van der Waals surface area contributed by atoms with Crippen molar-refractivity contribution in [3.63, 3.8) is 0 Å². The Morgan fingerprint density at radius 3 is 2.73 bits per heavy atom. The van der Waals surface area contributed by atoms with Crippen LogP contribution in [0.2, 0.25) is 0 Å². The highest BCUT2D eigenvalue weighted by molar-refractivity contribution is 9.08. The summed E-state index contributed by atoms with van der Waals surface area (Å²) in [5, 5.41) is 0.886. The number of aryl methyl sites for hydroxylation is 1. The molecule has 15 heavy (non-hydrogen) atoms. The number of halogens is 1. The second kappa shape index (κ2) is 3.97. The van der Waals surface area contributed by atoms with E-state index in [0.717, 1.165) is 11.0 Å². The van der Waals surface area contributed by atoms with Crippen molar-refractivity contribution in [1.82, 2.24) is 9.38 Å². The van der Waals surface area contributed by atoms with Crippen molar-refractivity contribution in [2.45, 2.75) is 32.0 Å². The molecule has 0 aliphatic carbocycles. The Hall–Kier alpha value is -0.830. The van der Waals surface area contributed by atoms with E-state index in [1.807, 2.05) is 0 Å². The van der Waals surface area contributed by atoms with E-state index in [-0.39, 0.29) is 0 Å². The maximum absolute atomic E-state index is 4.63. The number of hydrogen-bond donors (Lipinski definition) is 0. The first-order valence-electron chi connectivity index (χ1n) is 5.17. The molecule has 2 heterocycles. The molecule has 0 aliphatic rings. The highest BCUT2D eigenvalue weighted by atomic mass is 79.9. The van der Waals surface area contributed by atoms with Crippen LogP contribution in [0.15, 0.2) is 18.3 Å². The molecule has 3 heteroatoms. The van der Waals surface area contributed by atoms with E-state index in [2.05, 4.69) is 64.4 Å². The summed E-state index contributed by atoms with van der Waals surface area (Å²) >= 11 is 3.47. The van der Waals surface area contributed by atoms with Crippen LogP contribution in [0.1, 0.15) is 36.7 Å². The van der Waals surface area contributed by atoms with Gasteiger partial charge in [0.2, 0.25) is 0 Å². The van der Waals surface area contributed by atoms with Crippen LogP contribution in [-0.2, 0) is 5.33 Å². The first kappa shape index (κ1) is 10.7. The number of nitrogens with zero attached hydrogens (tertiary/aromatic N) is 2. The van der Waals surface area contributed by atoms with Gasteiger partial charge >= 0.3 is 0 Å². The monoisotopic (exact) mass is 266 g/mol. The Bertz CT molecular complexity index is 486. The molecule has 2 rings (SSSR count). The lowest BCUT2D eigenvalue weighted by Gasteiger charge is -2.02. The van der Waals surface area contributed by atoms with Gasteiger partial charge in [-0.2, -0.15) is 0 Å². The average Bonchev–Trinajstić information content (AvgIpc) is 2.56. The third-order valence-electron chi connectivity index (χ3n) is 2.66. The maximum Gasteiger partial charge on any atom is 0.137 e. The molecule has 80 valence electrons. The zero-order valence-electron chi connectivity index (χ0n) is 9.29. The summed E-state index contributed by atoms with van der Waals surface area (Å²) in [6, 6.07) is 4.19. The standard InChI is InChI=1S/C12H15BrN2/c1-8(2)12-9(3)15-7-10(6-13)4-5-11(15)14-12/h4-5,7-8H,6H2,1-3H3. The van der Waals surface area contributed by atoms with Crippen molar-refractivity contribution in [3.05, 3.63) is 35.3 Å². The second-order valence-corrected chi connectivity index (χ2v) is 4.70. The van der Waals surface area contributed by atoms with Gasteiger partial charge in [-0.25, -0.2) is 4.98 Å². The normalized spacial score (nSPS) is 11.5. The Labute approximate surface area is 98.5 Å². The lowest BCUT2D eigenvalue weighted by atomic mass is 10.1. The van der Waals surface area contributed by atoms with Gasteiger partial charge < -0.3 is 4.40 Å². The molecular weight excluding hydrogens is 252 g/mol. The predicted molar refractivity (Wildman–Crippen MR) is 66.6 cm³/mol. The smallest absolute Gasteiger partial charge is 0.137 e. The van der Waals surface area contributed by atoms with Crippen LogP contribution in [0.25, 0.3) is 5.65 Å². The second-order valence-electron chi connectivity index (χ2n) is 4.14. The molecule has 0 atom stereocenters. The van der Waals surface area contributed by atoms with E-state index < -0.39 is 0 Å². The van der Waals surface area contributed by atoms with Gasteiger partial charge in [-0.3, -0.25) is 0 Å². The zero-order valence-corrected chi connectivity index (χ0v) is 10.9.